The van der Waals surface area contributed by atoms with Gasteiger partial charge in [-0.15, -0.1) is 0 Å². The van der Waals surface area contributed by atoms with Crippen molar-refractivity contribution in [1.29, 1.82) is 0 Å². The summed E-state index contributed by atoms with van der Waals surface area (Å²) in [6.07, 6.45) is 0. The second-order valence-corrected chi connectivity index (χ2v) is 16.5. The van der Waals surface area contributed by atoms with E-state index in [1.807, 2.05) is 0 Å². The van der Waals surface area contributed by atoms with E-state index in [1.165, 1.54) is 66.8 Å². The first-order valence-electron chi connectivity index (χ1n) is 11.4. The maximum atomic E-state index is 3.77. The molecule has 0 fully saturated rings. The van der Waals surface area contributed by atoms with Crippen LogP contribution in [0.4, 0.5) is 0 Å². The van der Waals surface area contributed by atoms with Crippen LogP contribution in [0.5, 0.6) is 0 Å². The molecule has 0 unspecified atom stereocenters. The second-order valence-electron chi connectivity index (χ2n) is 11.2. The summed E-state index contributed by atoms with van der Waals surface area (Å²) < 4.78 is 1.98. The maximum Gasteiger partial charge on any atom is 0.0688 e. The zero-order valence-corrected chi connectivity index (χ0v) is 26.5. The Bertz CT molecular complexity index is 1320. The van der Waals surface area contributed by atoms with E-state index in [4.69, 9.17) is 0 Å². The highest BCUT2D eigenvalue weighted by molar-refractivity contribution is 9.28. The summed E-state index contributed by atoms with van der Waals surface area (Å²) >= 11 is 15.1. The zero-order chi connectivity index (χ0) is 24.7. The van der Waals surface area contributed by atoms with E-state index in [-0.39, 0.29) is 10.8 Å². The minimum Gasteiger partial charge on any atom is -0.0578 e. The Labute approximate surface area is 236 Å². The van der Waals surface area contributed by atoms with E-state index >= 15 is 0 Å². The maximum absolute atomic E-state index is 3.77. The third kappa shape index (κ3) is 3.88. The summed E-state index contributed by atoms with van der Waals surface area (Å²) in [5.41, 5.74) is 15.5. The molecule has 0 N–H and O–H groups in total. The standard InChI is InChI=1S/C30H26Br4/c1-29(2,3)15-7-9-17-19-13-24-20(14-23(19)25(27(31)32)21(17)11-15)18-10-8-16(30(4,5)6)12-22(18)26(24)28(33)34/h7-14H,1-6H3. The number of fused-ring (bicyclic) bond motifs is 6. The summed E-state index contributed by atoms with van der Waals surface area (Å²) in [4.78, 5) is 0. The summed E-state index contributed by atoms with van der Waals surface area (Å²) in [6, 6.07) is 18.6. The van der Waals surface area contributed by atoms with Crippen molar-refractivity contribution in [1.82, 2.24) is 0 Å². The number of halogens is 4. The molecular weight excluding hydrogens is 680 g/mol. The molecule has 0 spiro atoms. The predicted octanol–water partition coefficient (Wildman–Crippen LogP) is 11.3. The van der Waals surface area contributed by atoms with E-state index < -0.39 is 0 Å². The normalized spacial score (nSPS) is 14.1. The lowest BCUT2D eigenvalue weighted by Crippen LogP contribution is -2.11. The number of benzene rings is 3. The van der Waals surface area contributed by atoms with Crippen LogP contribution in [-0.2, 0) is 10.8 Å². The molecule has 0 heterocycles. The Morgan fingerprint density at radius 2 is 0.765 bits per heavy atom. The van der Waals surface area contributed by atoms with Gasteiger partial charge in [-0.25, -0.2) is 0 Å². The van der Waals surface area contributed by atoms with Crippen LogP contribution < -0.4 is 0 Å². The van der Waals surface area contributed by atoms with Crippen LogP contribution in [0.15, 0.2) is 55.3 Å². The molecule has 3 aromatic carbocycles. The zero-order valence-electron chi connectivity index (χ0n) is 20.1. The van der Waals surface area contributed by atoms with E-state index in [0.29, 0.717) is 0 Å². The van der Waals surface area contributed by atoms with Gasteiger partial charge in [-0.2, -0.15) is 0 Å². The molecule has 2 aliphatic carbocycles. The smallest absolute Gasteiger partial charge is 0.0578 e. The average Bonchev–Trinajstić information content (AvgIpc) is 3.22. The largest absolute Gasteiger partial charge is 0.0688 e. The van der Waals surface area contributed by atoms with Crippen LogP contribution in [-0.4, -0.2) is 0 Å². The van der Waals surface area contributed by atoms with Gasteiger partial charge in [0.15, 0.2) is 0 Å². The lowest BCUT2D eigenvalue weighted by atomic mass is 9.85. The summed E-state index contributed by atoms with van der Waals surface area (Å²) in [5, 5.41) is 0. The number of hydrogen-bond donors (Lipinski definition) is 0. The van der Waals surface area contributed by atoms with Crippen molar-refractivity contribution in [3.63, 3.8) is 0 Å². The van der Waals surface area contributed by atoms with Crippen molar-refractivity contribution in [2.24, 2.45) is 0 Å². The average molecular weight is 706 g/mol. The third-order valence-electron chi connectivity index (χ3n) is 6.96. The monoisotopic (exact) mass is 702 g/mol. The van der Waals surface area contributed by atoms with Crippen molar-refractivity contribution in [3.05, 3.63) is 88.7 Å². The molecule has 3 aromatic rings. The molecule has 0 atom stereocenters. The number of hydrogen-bond acceptors (Lipinski definition) is 0. The second kappa shape index (κ2) is 8.30. The molecule has 0 aliphatic heterocycles. The molecule has 0 aromatic heterocycles. The highest BCUT2D eigenvalue weighted by Gasteiger charge is 2.33. The van der Waals surface area contributed by atoms with Crippen LogP contribution in [0.1, 0.15) is 74.9 Å². The highest BCUT2D eigenvalue weighted by atomic mass is 79.9. The van der Waals surface area contributed by atoms with Crippen molar-refractivity contribution in [2.45, 2.75) is 52.4 Å². The lowest BCUT2D eigenvalue weighted by molar-refractivity contribution is 0.590. The van der Waals surface area contributed by atoms with Crippen LogP contribution in [0.2, 0.25) is 0 Å². The Morgan fingerprint density at radius 3 is 1.06 bits per heavy atom. The minimum atomic E-state index is 0.0932. The van der Waals surface area contributed by atoms with Gasteiger partial charge in [0.1, 0.15) is 0 Å². The Hall–Kier alpha value is -0.940. The van der Waals surface area contributed by atoms with Crippen LogP contribution in [0.25, 0.3) is 33.4 Å². The quantitative estimate of drug-likeness (QED) is 0.150. The van der Waals surface area contributed by atoms with Crippen molar-refractivity contribution < 1.29 is 0 Å². The first kappa shape index (κ1) is 24.7. The molecule has 0 saturated carbocycles. The van der Waals surface area contributed by atoms with Crippen LogP contribution >= 0.6 is 63.7 Å². The minimum absolute atomic E-state index is 0.0932. The Balaban J connectivity index is 1.79. The fraction of sp³-hybridized carbons (Fsp3) is 0.267. The lowest BCUT2D eigenvalue weighted by Gasteiger charge is -2.20. The van der Waals surface area contributed by atoms with Gasteiger partial charge < -0.3 is 0 Å². The van der Waals surface area contributed by atoms with E-state index in [1.54, 1.807) is 0 Å². The molecule has 2 aliphatic rings. The predicted molar refractivity (Wildman–Crippen MR) is 162 cm³/mol. The fourth-order valence-electron chi connectivity index (χ4n) is 5.06. The SMILES string of the molecule is CC(C)(C)c1ccc2c(c1)C(=C(Br)Br)c1cc3c(cc1-2)C(=C(Br)Br)c1cc(C(C)(C)C)ccc1-3. The molecule has 5 rings (SSSR count). The van der Waals surface area contributed by atoms with E-state index in [0.717, 1.165) is 6.78 Å². The van der Waals surface area contributed by atoms with E-state index in [2.05, 4.69) is 154 Å². The van der Waals surface area contributed by atoms with Gasteiger partial charge >= 0.3 is 0 Å². The molecule has 0 amide bonds. The molecular formula is C30H26Br4. The van der Waals surface area contributed by atoms with Crippen molar-refractivity contribution in [2.75, 3.05) is 0 Å². The van der Waals surface area contributed by atoms with Gasteiger partial charge in [0.05, 0.1) is 6.78 Å². The molecule has 34 heavy (non-hydrogen) atoms. The van der Waals surface area contributed by atoms with Crippen molar-refractivity contribution in [3.8, 4) is 22.3 Å². The molecule has 4 heteroatoms. The van der Waals surface area contributed by atoms with Crippen molar-refractivity contribution >= 4 is 74.9 Å². The fourth-order valence-corrected chi connectivity index (χ4v) is 6.77. The first-order chi connectivity index (χ1) is 15.8. The first-order valence-corrected chi connectivity index (χ1v) is 14.6. The van der Waals surface area contributed by atoms with Gasteiger partial charge in [0.2, 0.25) is 0 Å². The Kier molecular flexibility index (Phi) is 6.04. The topological polar surface area (TPSA) is 0 Å². The van der Waals surface area contributed by atoms with Gasteiger partial charge in [-0.1, -0.05) is 65.8 Å². The molecule has 0 bridgehead atoms. The molecule has 0 radical (unpaired) electrons. The summed E-state index contributed by atoms with van der Waals surface area (Å²) in [5.74, 6) is 0. The third-order valence-corrected chi connectivity index (χ3v) is 8.55. The van der Waals surface area contributed by atoms with Crippen LogP contribution in [0.3, 0.4) is 0 Å². The molecule has 0 nitrogen and oxygen atoms in total. The number of rotatable bonds is 0. The van der Waals surface area contributed by atoms with Gasteiger partial charge in [-0.05, 0) is 154 Å². The van der Waals surface area contributed by atoms with Gasteiger partial charge in [0.25, 0.3) is 0 Å². The van der Waals surface area contributed by atoms with Crippen LogP contribution in [0, 0.1) is 0 Å². The highest BCUT2D eigenvalue weighted by Crippen LogP contribution is 2.55. The Morgan fingerprint density at radius 1 is 0.441 bits per heavy atom. The molecule has 174 valence electrons. The van der Waals surface area contributed by atoms with Gasteiger partial charge in [-0.3, -0.25) is 0 Å². The van der Waals surface area contributed by atoms with E-state index in [9.17, 15) is 0 Å². The van der Waals surface area contributed by atoms with Gasteiger partial charge in [0, 0.05) is 11.1 Å². The molecule has 0 saturated heterocycles. The summed E-state index contributed by atoms with van der Waals surface area (Å²) in [6.45, 7) is 13.6. The summed E-state index contributed by atoms with van der Waals surface area (Å²) in [7, 11) is 0.